The molecule has 0 spiro atoms. The van der Waals surface area contributed by atoms with E-state index in [9.17, 15) is 8.78 Å². The normalized spacial score (nSPS) is 18.6. The third-order valence-electron chi connectivity index (χ3n) is 1.77. The minimum absolute atomic E-state index is 0.153. The summed E-state index contributed by atoms with van der Waals surface area (Å²) >= 11 is 5.38. The van der Waals surface area contributed by atoms with Gasteiger partial charge in [-0.25, -0.2) is 0 Å². The van der Waals surface area contributed by atoms with Crippen molar-refractivity contribution in [2.45, 2.75) is 12.9 Å². The van der Waals surface area contributed by atoms with Gasteiger partial charge in [0.1, 0.15) is 5.75 Å². The van der Waals surface area contributed by atoms with E-state index >= 15 is 0 Å². The highest BCUT2D eigenvalue weighted by Crippen LogP contribution is 2.38. The van der Waals surface area contributed by atoms with Crippen molar-refractivity contribution < 1.29 is 18.3 Å². The average Bonchev–Trinajstić information content (AvgIpc) is 2.10. The number of rotatable bonds is 0. The van der Waals surface area contributed by atoms with Crippen LogP contribution in [-0.4, -0.2) is 6.29 Å². The van der Waals surface area contributed by atoms with Crippen molar-refractivity contribution in [1.29, 1.82) is 0 Å². The maximum atomic E-state index is 12.7. The Morgan fingerprint density at radius 1 is 1.43 bits per heavy atom. The third-order valence-corrected chi connectivity index (χ3v) is 4.31. The fourth-order valence-corrected chi connectivity index (χ4v) is 2.07. The van der Waals surface area contributed by atoms with Gasteiger partial charge >= 0.3 is 6.29 Å². The van der Waals surface area contributed by atoms with E-state index in [4.69, 9.17) is 0 Å². The van der Waals surface area contributed by atoms with Gasteiger partial charge in [0.25, 0.3) is 0 Å². The first kappa shape index (κ1) is 10.6. The Balaban J connectivity index is 2.46. The molecule has 0 saturated heterocycles. The molecular weight excluding hydrogens is 373 g/mol. The molecule has 2 rings (SSSR count). The van der Waals surface area contributed by atoms with E-state index in [2.05, 4.69) is 48.0 Å². The molecule has 76 valence electrons. The zero-order chi connectivity index (χ0) is 10.3. The van der Waals surface area contributed by atoms with Gasteiger partial charge in [-0.15, -0.1) is 8.78 Å². The molecule has 14 heavy (non-hydrogen) atoms. The molecule has 1 heterocycles. The summed E-state index contributed by atoms with van der Waals surface area (Å²) in [5.41, 5.74) is 0.614. The van der Waals surface area contributed by atoms with Crippen molar-refractivity contribution in [2.75, 3.05) is 0 Å². The highest BCUT2D eigenvalue weighted by atomic mass is 127. The summed E-state index contributed by atoms with van der Waals surface area (Å²) in [6.45, 7) is -0.153. The SMILES string of the molecule is FC1(F)OCc2c(ccc(I)c2Br)O1. The second-order valence-corrected chi connectivity index (χ2v) is 4.65. The van der Waals surface area contributed by atoms with Crippen LogP contribution in [0, 0.1) is 3.57 Å². The van der Waals surface area contributed by atoms with Gasteiger partial charge in [-0.3, -0.25) is 4.74 Å². The van der Waals surface area contributed by atoms with E-state index in [1.54, 1.807) is 6.07 Å². The molecular formula is C8H4BrF2IO2. The van der Waals surface area contributed by atoms with Crippen LogP contribution in [0.4, 0.5) is 8.78 Å². The lowest BCUT2D eigenvalue weighted by molar-refractivity contribution is -0.368. The lowest BCUT2D eigenvalue weighted by atomic mass is 10.2. The van der Waals surface area contributed by atoms with E-state index in [1.165, 1.54) is 6.07 Å². The fourth-order valence-electron chi connectivity index (χ4n) is 1.12. The van der Waals surface area contributed by atoms with Gasteiger partial charge in [0.05, 0.1) is 6.61 Å². The van der Waals surface area contributed by atoms with Crippen LogP contribution in [0.1, 0.15) is 5.56 Å². The van der Waals surface area contributed by atoms with Crippen molar-refractivity contribution in [3.05, 3.63) is 25.7 Å². The van der Waals surface area contributed by atoms with E-state index < -0.39 is 6.29 Å². The molecule has 0 saturated carbocycles. The molecule has 1 aromatic carbocycles. The van der Waals surface area contributed by atoms with Crippen molar-refractivity contribution in [3.8, 4) is 5.75 Å². The van der Waals surface area contributed by atoms with E-state index in [1.807, 2.05) is 0 Å². The molecule has 6 heteroatoms. The summed E-state index contributed by atoms with van der Waals surface area (Å²) < 4.78 is 35.6. The van der Waals surface area contributed by atoms with Crippen molar-refractivity contribution >= 4 is 38.5 Å². The predicted octanol–water partition coefficient (Wildman–Crippen LogP) is 3.51. The number of fused-ring (bicyclic) bond motifs is 1. The van der Waals surface area contributed by atoms with Gasteiger partial charge in [-0.1, -0.05) is 0 Å². The number of benzene rings is 1. The molecule has 0 fully saturated rings. The zero-order valence-electron chi connectivity index (χ0n) is 6.69. The van der Waals surface area contributed by atoms with Crippen LogP contribution >= 0.6 is 38.5 Å². The Kier molecular flexibility index (Phi) is 2.69. The monoisotopic (exact) mass is 376 g/mol. The minimum Gasteiger partial charge on any atom is -0.409 e. The van der Waals surface area contributed by atoms with Crippen LogP contribution in [0.2, 0.25) is 0 Å². The molecule has 0 aliphatic carbocycles. The predicted molar refractivity (Wildman–Crippen MR) is 57.2 cm³/mol. The van der Waals surface area contributed by atoms with E-state index in [0.717, 1.165) is 8.04 Å². The smallest absolute Gasteiger partial charge is 0.409 e. The van der Waals surface area contributed by atoms with Gasteiger partial charge < -0.3 is 4.74 Å². The average molecular weight is 377 g/mol. The molecule has 0 aromatic heterocycles. The van der Waals surface area contributed by atoms with Crippen molar-refractivity contribution in [2.24, 2.45) is 0 Å². The second kappa shape index (κ2) is 3.57. The van der Waals surface area contributed by atoms with Crippen molar-refractivity contribution in [1.82, 2.24) is 0 Å². The highest BCUT2D eigenvalue weighted by Gasteiger charge is 2.39. The number of alkyl halides is 2. The Morgan fingerprint density at radius 3 is 2.86 bits per heavy atom. The summed E-state index contributed by atoms with van der Waals surface area (Å²) in [4.78, 5) is 0. The topological polar surface area (TPSA) is 18.5 Å². The van der Waals surface area contributed by atoms with Gasteiger partial charge in [0, 0.05) is 13.6 Å². The lowest BCUT2D eigenvalue weighted by Gasteiger charge is -2.25. The van der Waals surface area contributed by atoms with Crippen LogP contribution in [0.3, 0.4) is 0 Å². The van der Waals surface area contributed by atoms with Crippen LogP contribution in [0.25, 0.3) is 0 Å². The van der Waals surface area contributed by atoms with Gasteiger partial charge in [0.15, 0.2) is 0 Å². The fraction of sp³-hybridized carbons (Fsp3) is 0.250. The first-order valence-corrected chi connectivity index (χ1v) is 5.54. The van der Waals surface area contributed by atoms with Crippen LogP contribution in [-0.2, 0) is 11.3 Å². The number of halogens is 4. The zero-order valence-corrected chi connectivity index (χ0v) is 10.4. The largest absolute Gasteiger partial charge is 0.535 e. The second-order valence-electron chi connectivity index (χ2n) is 2.69. The standard InChI is InChI=1S/C8H4BrF2IO2/c9-7-4-3-13-8(10,11)14-6(4)2-1-5(7)12/h1-2H,3H2. The maximum absolute atomic E-state index is 12.7. The molecule has 0 amide bonds. The van der Waals surface area contributed by atoms with Crippen LogP contribution in [0.15, 0.2) is 16.6 Å². The molecule has 0 bridgehead atoms. The summed E-state index contributed by atoms with van der Waals surface area (Å²) in [7, 11) is 0. The molecule has 0 atom stereocenters. The Bertz CT molecular complexity index is 384. The molecule has 0 radical (unpaired) electrons. The molecule has 0 N–H and O–H groups in total. The minimum atomic E-state index is -3.51. The molecule has 0 unspecified atom stereocenters. The molecule has 2 nitrogen and oxygen atoms in total. The van der Waals surface area contributed by atoms with Gasteiger partial charge in [0.2, 0.25) is 0 Å². The van der Waals surface area contributed by atoms with E-state index in [0.29, 0.717) is 5.56 Å². The summed E-state index contributed by atoms with van der Waals surface area (Å²) in [6, 6.07) is 3.21. The van der Waals surface area contributed by atoms with Gasteiger partial charge in [-0.2, -0.15) is 0 Å². The van der Waals surface area contributed by atoms with Gasteiger partial charge in [-0.05, 0) is 50.7 Å². The first-order chi connectivity index (χ1) is 6.49. The van der Waals surface area contributed by atoms with Crippen LogP contribution in [0.5, 0.6) is 5.75 Å². The molecule has 1 aromatic rings. The lowest BCUT2D eigenvalue weighted by Crippen LogP contribution is -2.32. The Labute approximate surface area is 101 Å². The number of ether oxygens (including phenoxy) is 2. The first-order valence-electron chi connectivity index (χ1n) is 3.67. The number of hydrogen-bond acceptors (Lipinski definition) is 2. The van der Waals surface area contributed by atoms with Crippen molar-refractivity contribution in [3.63, 3.8) is 0 Å². The quantitative estimate of drug-likeness (QED) is 0.645. The summed E-state index contributed by atoms with van der Waals surface area (Å²) in [5, 5.41) is 0. The summed E-state index contributed by atoms with van der Waals surface area (Å²) in [6.07, 6.45) is -3.51. The summed E-state index contributed by atoms with van der Waals surface area (Å²) in [5.74, 6) is 0.161. The molecule has 1 aliphatic rings. The Morgan fingerprint density at radius 2 is 2.14 bits per heavy atom. The highest BCUT2D eigenvalue weighted by molar-refractivity contribution is 14.1. The third kappa shape index (κ3) is 1.87. The molecule has 1 aliphatic heterocycles. The van der Waals surface area contributed by atoms with E-state index in [-0.39, 0.29) is 12.4 Å². The Hall–Kier alpha value is 0.0500. The number of hydrogen-bond donors (Lipinski definition) is 0. The maximum Gasteiger partial charge on any atom is 0.535 e. The van der Waals surface area contributed by atoms with Crippen LogP contribution < -0.4 is 4.74 Å².